The Labute approximate surface area is 162 Å². The summed E-state index contributed by atoms with van der Waals surface area (Å²) in [6, 6.07) is 19.1. The van der Waals surface area contributed by atoms with E-state index in [1.165, 1.54) is 25.0 Å². The normalized spacial score (nSPS) is 19.9. The van der Waals surface area contributed by atoms with E-state index < -0.39 is 0 Å². The van der Waals surface area contributed by atoms with Gasteiger partial charge in [-0.1, -0.05) is 30.3 Å². The second-order valence-electron chi connectivity index (χ2n) is 7.80. The van der Waals surface area contributed by atoms with E-state index in [0.717, 1.165) is 27.5 Å². The molecule has 1 heterocycles. The molecule has 0 saturated heterocycles. The molecule has 136 valence electrons. The van der Waals surface area contributed by atoms with Gasteiger partial charge in [0.1, 0.15) is 5.75 Å². The van der Waals surface area contributed by atoms with E-state index in [1.807, 2.05) is 48.5 Å². The van der Waals surface area contributed by atoms with Crippen LogP contribution in [0.5, 0.6) is 5.75 Å². The Kier molecular flexibility index (Phi) is 3.30. The number of carbonyl (C=O) groups is 1. The van der Waals surface area contributed by atoms with Gasteiger partial charge in [-0.25, -0.2) is 14.8 Å². The van der Waals surface area contributed by atoms with Crippen LogP contribution < -0.4 is 4.74 Å². The second kappa shape index (κ2) is 5.86. The van der Waals surface area contributed by atoms with Gasteiger partial charge in [-0.2, -0.15) is 0 Å². The van der Waals surface area contributed by atoms with Crippen LogP contribution in [-0.2, 0) is 0 Å². The molecule has 2 bridgehead atoms. The number of nitrogens with zero attached hydrogens (tertiary/aromatic N) is 2. The maximum atomic E-state index is 12.7. The molecule has 1 saturated carbocycles. The van der Waals surface area contributed by atoms with E-state index in [4.69, 9.17) is 14.7 Å². The van der Waals surface area contributed by atoms with Gasteiger partial charge in [-0.15, -0.1) is 0 Å². The van der Waals surface area contributed by atoms with E-state index in [0.29, 0.717) is 23.1 Å². The number of hydrogen-bond acceptors (Lipinski definition) is 4. The molecule has 1 aromatic heterocycles. The van der Waals surface area contributed by atoms with Crippen LogP contribution in [0.15, 0.2) is 60.7 Å². The molecule has 0 amide bonds. The van der Waals surface area contributed by atoms with Crippen LogP contribution in [0.1, 0.15) is 52.8 Å². The molecule has 0 aliphatic heterocycles. The maximum absolute atomic E-state index is 12.7. The lowest BCUT2D eigenvalue weighted by molar-refractivity contribution is 0.0735. The summed E-state index contributed by atoms with van der Waals surface area (Å²) in [4.78, 5) is 22.4. The van der Waals surface area contributed by atoms with Crippen molar-refractivity contribution in [3.8, 4) is 5.75 Å². The van der Waals surface area contributed by atoms with Gasteiger partial charge in [0.25, 0.3) is 0 Å². The van der Waals surface area contributed by atoms with Gasteiger partial charge in [0.05, 0.1) is 28.0 Å². The smallest absolute Gasteiger partial charge is 0.343 e. The van der Waals surface area contributed by atoms with Crippen LogP contribution in [-0.4, -0.2) is 15.9 Å². The topological polar surface area (TPSA) is 52.1 Å². The zero-order chi connectivity index (χ0) is 18.7. The summed E-state index contributed by atoms with van der Waals surface area (Å²) >= 11 is 0. The van der Waals surface area contributed by atoms with Crippen molar-refractivity contribution < 1.29 is 9.53 Å². The maximum Gasteiger partial charge on any atom is 0.343 e. The number of esters is 1. The molecule has 0 spiro atoms. The van der Waals surface area contributed by atoms with Crippen molar-refractivity contribution in [2.45, 2.75) is 31.1 Å². The molecule has 2 aliphatic carbocycles. The van der Waals surface area contributed by atoms with Crippen LogP contribution in [0.3, 0.4) is 0 Å². The first-order chi connectivity index (χ1) is 13.7. The third-order valence-corrected chi connectivity index (χ3v) is 6.09. The molecular formula is C24H18N2O2. The predicted octanol–water partition coefficient (Wildman–Crippen LogP) is 5.37. The Morgan fingerprint density at radius 1 is 0.821 bits per heavy atom. The molecule has 28 heavy (non-hydrogen) atoms. The van der Waals surface area contributed by atoms with Crippen molar-refractivity contribution in [2.75, 3.05) is 0 Å². The molecular weight excluding hydrogens is 348 g/mol. The quantitative estimate of drug-likeness (QED) is 0.354. The van der Waals surface area contributed by atoms with E-state index in [1.54, 1.807) is 12.1 Å². The molecule has 3 aromatic carbocycles. The zero-order valence-corrected chi connectivity index (χ0v) is 15.3. The average molecular weight is 366 g/mol. The van der Waals surface area contributed by atoms with Gasteiger partial charge in [-0.05, 0) is 60.4 Å². The van der Waals surface area contributed by atoms with Crippen molar-refractivity contribution in [1.82, 2.24) is 9.97 Å². The first kappa shape index (κ1) is 15.8. The summed E-state index contributed by atoms with van der Waals surface area (Å²) in [6.07, 6.45) is 3.62. The minimum absolute atomic E-state index is 0.374. The Morgan fingerprint density at radius 3 is 2.39 bits per heavy atom. The lowest BCUT2D eigenvalue weighted by Gasteiger charge is -2.14. The fourth-order valence-electron chi connectivity index (χ4n) is 4.68. The Bertz CT molecular complexity index is 1260. The lowest BCUT2D eigenvalue weighted by Crippen LogP contribution is -2.09. The van der Waals surface area contributed by atoms with Gasteiger partial charge in [-0.3, -0.25) is 0 Å². The average Bonchev–Trinajstić information content (AvgIpc) is 3.34. The van der Waals surface area contributed by atoms with Gasteiger partial charge in [0, 0.05) is 11.8 Å². The number of benzene rings is 3. The number of ether oxygens (including phenoxy) is 1. The van der Waals surface area contributed by atoms with E-state index in [-0.39, 0.29) is 5.97 Å². The number of aromatic nitrogens is 2. The van der Waals surface area contributed by atoms with Crippen molar-refractivity contribution in [3.05, 3.63) is 77.6 Å². The fourth-order valence-corrected chi connectivity index (χ4v) is 4.68. The van der Waals surface area contributed by atoms with Crippen molar-refractivity contribution >= 4 is 27.8 Å². The molecule has 2 aliphatic rings. The van der Waals surface area contributed by atoms with Crippen LogP contribution >= 0.6 is 0 Å². The molecule has 4 nitrogen and oxygen atoms in total. The van der Waals surface area contributed by atoms with E-state index in [2.05, 4.69) is 0 Å². The standard InChI is InChI=1S/C24H18N2O2/c27-24(28-19-9-7-14-3-1-2-4-15(14)12-19)18-8-10-20-21(13-18)26-23-17-6-5-16(11-17)22(23)25-20/h1-4,7-10,12-13,16-17H,5-6,11H2. The summed E-state index contributed by atoms with van der Waals surface area (Å²) < 4.78 is 5.61. The highest BCUT2D eigenvalue weighted by Crippen LogP contribution is 2.51. The van der Waals surface area contributed by atoms with E-state index in [9.17, 15) is 4.79 Å². The largest absolute Gasteiger partial charge is 0.423 e. The van der Waals surface area contributed by atoms with Gasteiger partial charge >= 0.3 is 5.97 Å². The predicted molar refractivity (Wildman–Crippen MR) is 108 cm³/mol. The van der Waals surface area contributed by atoms with Crippen LogP contribution in [0.25, 0.3) is 21.8 Å². The first-order valence-corrected chi connectivity index (χ1v) is 9.77. The van der Waals surface area contributed by atoms with E-state index >= 15 is 0 Å². The van der Waals surface area contributed by atoms with Gasteiger partial charge in [0.15, 0.2) is 0 Å². The fraction of sp³-hybridized carbons (Fsp3) is 0.208. The van der Waals surface area contributed by atoms with Gasteiger partial charge < -0.3 is 4.74 Å². The van der Waals surface area contributed by atoms with Crippen LogP contribution in [0, 0.1) is 0 Å². The third kappa shape index (κ3) is 2.41. The summed E-state index contributed by atoms with van der Waals surface area (Å²) in [6.45, 7) is 0. The number of fused-ring (bicyclic) bond motifs is 7. The monoisotopic (exact) mass is 366 g/mol. The van der Waals surface area contributed by atoms with Crippen molar-refractivity contribution in [3.63, 3.8) is 0 Å². The molecule has 4 heteroatoms. The minimum Gasteiger partial charge on any atom is -0.423 e. The Morgan fingerprint density at radius 2 is 1.57 bits per heavy atom. The Hall–Kier alpha value is -3.27. The second-order valence-corrected chi connectivity index (χ2v) is 7.80. The molecule has 4 aromatic rings. The molecule has 2 unspecified atom stereocenters. The van der Waals surface area contributed by atoms with Crippen molar-refractivity contribution in [1.29, 1.82) is 0 Å². The highest BCUT2D eigenvalue weighted by atomic mass is 16.5. The lowest BCUT2D eigenvalue weighted by atomic mass is 10.00. The number of rotatable bonds is 2. The molecule has 0 N–H and O–H groups in total. The highest BCUT2D eigenvalue weighted by molar-refractivity contribution is 5.95. The number of hydrogen-bond donors (Lipinski definition) is 0. The number of carbonyl (C=O) groups excluding carboxylic acids is 1. The molecule has 1 fully saturated rings. The summed E-state index contributed by atoms with van der Waals surface area (Å²) in [5, 5.41) is 2.16. The van der Waals surface area contributed by atoms with Gasteiger partial charge in [0.2, 0.25) is 0 Å². The highest BCUT2D eigenvalue weighted by Gasteiger charge is 2.39. The minimum atomic E-state index is -0.374. The Balaban J connectivity index is 1.33. The van der Waals surface area contributed by atoms with Crippen molar-refractivity contribution in [2.24, 2.45) is 0 Å². The SMILES string of the molecule is O=C(Oc1ccc2ccccc2c1)c1ccc2nc3c(nc2c1)C1CCC3C1. The first-order valence-electron chi connectivity index (χ1n) is 9.77. The summed E-state index contributed by atoms with van der Waals surface area (Å²) in [7, 11) is 0. The third-order valence-electron chi connectivity index (χ3n) is 6.09. The van der Waals surface area contributed by atoms with Crippen LogP contribution in [0.4, 0.5) is 0 Å². The van der Waals surface area contributed by atoms with Crippen LogP contribution in [0.2, 0.25) is 0 Å². The molecule has 0 radical (unpaired) electrons. The summed E-state index contributed by atoms with van der Waals surface area (Å²) in [5.74, 6) is 1.29. The molecule has 6 rings (SSSR count). The summed E-state index contributed by atoms with van der Waals surface area (Å²) in [5.41, 5.74) is 4.45. The zero-order valence-electron chi connectivity index (χ0n) is 15.3. The molecule has 2 atom stereocenters.